The number of esters is 1. The van der Waals surface area contributed by atoms with Gasteiger partial charge in [0.25, 0.3) is 0 Å². The minimum Gasteiger partial charge on any atom is -0.422 e. The second-order valence-electron chi connectivity index (χ2n) is 6.35. The quantitative estimate of drug-likeness (QED) is 0.295. The third-order valence-electron chi connectivity index (χ3n) is 4.63. The predicted molar refractivity (Wildman–Crippen MR) is 106 cm³/mol. The molecule has 3 aromatic rings. The zero-order valence-electron chi connectivity index (χ0n) is 14.0. The summed E-state index contributed by atoms with van der Waals surface area (Å²) in [5, 5.41) is 1.61. The fourth-order valence-electron chi connectivity index (χ4n) is 3.33. The first-order valence-electron chi connectivity index (χ1n) is 8.39. The summed E-state index contributed by atoms with van der Waals surface area (Å²) in [4.78, 5) is 24.7. The monoisotopic (exact) mass is 422 g/mol. The van der Waals surface area contributed by atoms with Crippen LogP contribution < -0.4 is 10.4 Å². The molecule has 0 unspecified atom stereocenters. The Morgan fingerprint density at radius 2 is 1.70 bits per heavy atom. The van der Waals surface area contributed by atoms with Crippen molar-refractivity contribution in [3.05, 3.63) is 72.5 Å². The van der Waals surface area contributed by atoms with Gasteiger partial charge in [0.05, 0.1) is 15.6 Å². The Labute approximate surface area is 169 Å². The molecular formula is C20H13Cl3O4. The van der Waals surface area contributed by atoms with Gasteiger partial charge >= 0.3 is 11.6 Å². The van der Waals surface area contributed by atoms with Crippen molar-refractivity contribution in [2.24, 2.45) is 0 Å². The average Bonchev–Trinajstić information content (AvgIpc) is 2.63. The van der Waals surface area contributed by atoms with Gasteiger partial charge in [-0.05, 0) is 55.5 Å². The number of fused-ring (bicyclic) bond motifs is 3. The fourth-order valence-corrected chi connectivity index (χ4v) is 4.02. The maximum atomic E-state index is 12.4. The lowest BCUT2D eigenvalue weighted by Crippen LogP contribution is -2.16. The van der Waals surface area contributed by atoms with Crippen molar-refractivity contribution in [3.63, 3.8) is 0 Å². The molecule has 1 aliphatic rings. The van der Waals surface area contributed by atoms with Crippen LogP contribution in [0.4, 0.5) is 0 Å². The van der Waals surface area contributed by atoms with Gasteiger partial charge in [-0.3, -0.25) is 0 Å². The minimum atomic E-state index is -0.682. The lowest BCUT2D eigenvalue weighted by Gasteiger charge is -2.17. The molecule has 0 aliphatic heterocycles. The van der Waals surface area contributed by atoms with Crippen molar-refractivity contribution in [2.75, 3.05) is 0 Å². The molecule has 0 amide bonds. The molecule has 1 aromatic heterocycles. The van der Waals surface area contributed by atoms with E-state index in [1.807, 2.05) is 0 Å². The Balaban J connectivity index is 1.75. The summed E-state index contributed by atoms with van der Waals surface area (Å²) in [6, 6.07) is 7.61. The average molecular weight is 424 g/mol. The highest BCUT2D eigenvalue weighted by Crippen LogP contribution is 2.35. The molecule has 27 heavy (non-hydrogen) atoms. The van der Waals surface area contributed by atoms with E-state index in [-0.39, 0.29) is 27.0 Å². The molecule has 0 N–H and O–H groups in total. The van der Waals surface area contributed by atoms with Crippen molar-refractivity contribution < 1.29 is 13.9 Å². The van der Waals surface area contributed by atoms with Crippen molar-refractivity contribution >= 4 is 51.7 Å². The first-order chi connectivity index (χ1) is 12.9. The van der Waals surface area contributed by atoms with Crippen LogP contribution in [0.5, 0.6) is 5.75 Å². The molecule has 2 aromatic carbocycles. The van der Waals surface area contributed by atoms with E-state index in [0.717, 1.165) is 30.2 Å². The Morgan fingerprint density at radius 1 is 0.963 bits per heavy atom. The molecule has 0 bridgehead atoms. The number of carbonyl (C=O) groups is 1. The number of aryl methyl sites for hydroxylation is 1. The van der Waals surface area contributed by atoms with Crippen molar-refractivity contribution in [3.8, 4) is 5.75 Å². The van der Waals surface area contributed by atoms with E-state index in [0.29, 0.717) is 22.6 Å². The van der Waals surface area contributed by atoms with E-state index in [2.05, 4.69) is 0 Å². The summed E-state index contributed by atoms with van der Waals surface area (Å²) in [6.45, 7) is 0. The number of halogens is 3. The van der Waals surface area contributed by atoms with E-state index >= 15 is 0 Å². The van der Waals surface area contributed by atoms with Gasteiger partial charge in [0.2, 0.25) is 0 Å². The number of ether oxygens (including phenoxy) is 1. The van der Waals surface area contributed by atoms with Crippen LogP contribution in [0, 0.1) is 0 Å². The van der Waals surface area contributed by atoms with Gasteiger partial charge in [-0.2, -0.15) is 0 Å². The Bertz CT molecular complexity index is 1130. The topological polar surface area (TPSA) is 56.5 Å². The third kappa shape index (κ3) is 3.45. The summed E-state index contributed by atoms with van der Waals surface area (Å²) < 4.78 is 10.8. The van der Waals surface area contributed by atoms with Crippen molar-refractivity contribution in [1.29, 1.82) is 0 Å². The van der Waals surface area contributed by atoms with Gasteiger partial charge in [0.15, 0.2) is 5.75 Å². The summed E-state index contributed by atoms with van der Waals surface area (Å²) in [5.74, 6) is -0.586. The first-order valence-corrected chi connectivity index (χ1v) is 9.53. The number of benzene rings is 2. The van der Waals surface area contributed by atoms with Gasteiger partial charge in [-0.15, -0.1) is 0 Å². The molecule has 1 aliphatic carbocycles. The SMILES string of the molecule is O=C(Oc1cc2oc(=O)c3c(c2cc1Cl)CCCC3)c1ccc(Cl)cc1Cl. The van der Waals surface area contributed by atoms with Crippen LogP contribution in [-0.4, -0.2) is 5.97 Å². The molecule has 138 valence electrons. The second-order valence-corrected chi connectivity index (χ2v) is 7.60. The molecule has 7 heteroatoms. The third-order valence-corrected chi connectivity index (χ3v) is 5.47. The number of rotatable bonds is 2. The standard InChI is InChI=1S/C20H13Cl3O4/c21-10-5-6-13(15(22)7-10)20(25)27-18-9-17-14(8-16(18)23)11-3-1-2-4-12(11)19(24)26-17/h5-9H,1-4H2. The summed E-state index contributed by atoms with van der Waals surface area (Å²) in [5.41, 5.74) is 1.83. The van der Waals surface area contributed by atoms with E-state index < -0.39 is 5.97 Å². The molecule has 0 saturated carbocycles. The predicted octanol–water partition coefficient (Wildman–Crippen LogP) is 5.85. The van der Waals surface area contributed by atoms with Gasteiger partial charge < -0.3 is 9.15 Å². The van der Waals surface area contributed by atoms with E-state index in [1.165, 1.54) is 24.3 Å². The van der Waals surface area contributed by atoms with Crippen LogP contribution in [0.25, 0.3) is 11.0 Å². The number of hydrogen-bond donors (Lipinski definition) is 0. The first kappa shape index (κ1) is 18.4. The molecular weight excluding hydrogens is 411 g/mol. The van der Waals surface area contributed by atoms with Crippen LogP contribution >= 0.6 is 34.8 Å². The molecule has 0 saturated heterocycles. The summed E-state index contributed by atoms with van der Waals surface area (Å²) >= 11 is 18.2. The molecule has 1 heterocycles. The van der Waals surface area contributed by atoms with Crippen LogP contribution in [-0.2, 0) is 12.8 Å². The minimum absolute atomic E-state index is 0.0964. The fraction of sp³-hybridized carbons (Fsp3) is 0.200. The van der Waals surface area contributed by atoms with Crippen molar-refractivity contribution in [1.82, 2.24) is 0 Å². The Morgan fingerprint density at radius 3 is 2.44 bits per heavy atom. The number of carbonyl (C=O) groups excluding carboxylic acids is 1. The van der Waals surface area contributed by atoms with Gasteiger partial charge in [0.1, 0.15) is 5.58 Å². The highest BCUT2D eigenvalue weighted by Gasteiger charge is 2.21. The van der Waals surface area contributed by atoms with E-state index in [1.54, 1.807) is 6.07 Å². The Hall–Kier alpha value is -2.01. The largest absolute Gasteiger partial charge is 0.422 e. The van der Waals surface area contributed by atoms with Gasteiger partial charge in [0, 0.05) is 22.0 Å². The summed E-state index contributed by atoms with van der Waals surface area (Å²) in [6.07, 6.45) is 3.48. The lowest BCUT2D eigenvalue weighted by molar-refractivity contribution is 0.0735. The van der Waals surface area contributed by atoms with E-state index in [9.17, 15) is 9.59 Å². The highest BCUT2D eigenvalue weighted by molar-refractivity contribution is 6.36. The second kappa shape index (κ2) is 7.19. The molecule has 0 fully saturated rings. The highest BCUT2D eigenvalue weighted by atomic mass is 35.5. The smallest absolute Gasteiger partial charge is 0.345 e. The molecule has 0 atom stereocenters. The van der Waals surface area contributed by atoms with Gasteiger partial charge in [-0.1, -0.05) is 34.8 Å². The summed E-state index contributed by atoms with van der Waals surface area (Å²) in [7, 11) is 0. The van der Waals surface area contributed by atoms with Crippen molar-refractivity contribution in [2.45, 2.75) is 25.7 Å². The number of hydrogen-bond acceptors (Lipinski definition) is 4. The van der Waals surface area contributed by atoms with Crippen LogP contribution in [0.1, 0.15) is 34.3 Å². The van der Waals surface area contributed by atoms with Gasteiger partial charge in [-0.25, -0.2) is 9.59 Å². The molecule has 4 rings (SSSR count). The maximum Gasteiger partial charge on any atom is 0.345 e. The maximum absolute atomic E-state index is 12.4. The molecule has 0 radical (unpaired) electrons. The zero-order valence-corrected chi connectivity index (χ0v) is 16.2. The zero-order chi connectivity index (χ0) is 19.1. The lowest BCUT2D eigenvalue weighted by atomic mass is 9.91. The Kier molecular flexibility index (Phi) is 4.89. The normalized spacial score (nSPS) is 13.4. The van der Waals surface area contributed by atoms with Crippen LogP contribution in [0.15, 0.2) is 39.5 Å². The van der Waals surface area contributed by atoms with E-state index in [4.69, 9.17) is 44.0 Å². The molecule has 4 nitrogen and oxygen atoms in total. The van der Waals surface area contributed by atoms with Crippen LogP contribution in [0.3, 0.4) is 0 Å². The molecule has 0 spiro atoms. The van der Waals surface area contributed by atoms with Crippen LogP contribution in [0.2, 0.25) is 15.1 Å².